The van der Waals surface area contributed by atoms with E-state index in [0.29, 0.717) is 11.1 Å². The van der Waals surface area contributed by atoms with Crippen molar-refractivity contribution in [1.29, 1.82) is 0 Å². The molecule has 1 heterocycles. The number of halogens is 1. The van der Waals surface area contributed by atoms with Gasteiger partial charge < -0.3 is 4.98 Å². The van der Waals surface area contributed by atoms with Crippen LogP contribution in [0.2, 0.25) is 0 Å². The average molecular weight is 312 g/mol. The molecule has 0 bridgehead atoms. The third-order valence-electron chi connectivity index (χ3n) is 2.47. The summed E-state index contributed by atoms with van der Waals surface area (Å²) in [5.41, 5.74) is 0.955. The van der Waals surface area contributed by atoms with Gasteiger partial charge in [0.1, 0.15) is 0 Å². The lowest BCUT2D eigenvalue weighted by Crippen LogP contribution is -2.11. The first-order chi connectivity index (χ1) is 8.17. The Morgan fingerprint density at radius 2 is 2.24 bits per heavy atom. The second kappa shape index (κ2) is 5.06. The minimum Gasteiger partial charge on any atom is -0.351 e. The van der Waals surface area contributed by atoms with Gasteiger partial charge in [-0.15, -0.1) is 11.8 Å². The lowest BCUT2D eigenvalue weighted by atomic mass is 10.1. The molecule has 0 atom stereocenters. The number of pyridine rings is 1. The number of nitrogens with one attached hydrogen (secondary N) is 1. The summed E-state index contributed by atoms with van der Waals surface area (Å²) in [5, 5.41) is 0.818. The highest BCUT2D eigenvalue weighted by Gasteiger charge is 2.10. The zero-order chi connectivity index (χ0) is 12.4. The van der Waals surface area contributed by atoms with Gasteiger partial charge in [-0.3, -0.25) is 9.59 Å². The topological polar surface area (TPSA) is 49.9 Å². The van der Waals surface area contributed by atoms with Crippen molar-refractivity contribution in [1.82, 2.24) is 4.98 Å². The van der Waals surface area contributed by atoms with Gasteiger partial charge in [0.25, 0.3) is 0 Å². The number of para-hydroxylation sites is 1. The summed E-state index contributed by atoms with van der Waals surface area (Å²) in [6, 6.07) is 6.88. The predicted octanol–water partition coefficient (Wildman–Crippen LogP) is 2.83. The fourth-order valence-corrected chi connectivity index (χ4v) is 2.52. The van der Waals surface area contributed by atoms with Crippen LogP contribution in [0.15, 0.2) is 34.0 Å². The van der Waals surface area contributed by atoms with Gasteiger partial charge in [0, 0.05) is 16.3 Å². The van der Waals surface area contributed by atoms with Gasteiger partial charge in [0.15, 0.2) is 11.2 Å². The molecule has 0 spiro atoms. The van der Waals surface area contributed by atoms with Gasteiger partial charge in [-0.25, -0.2) is 0 Å². The molecule has 17 heavy (non-hydrogen) atoms. The van der Waals surface area contributed by atoms with Crippen molar-refractivity contribution < 1.29 is 4.79 Å². The number of ketones is 1. The summed E-state index contributed by atoms with van der Waals surface area (Å²) in [6.45, 7) is 0. The molecule has 0 aliphatic heterocycles. The van der Waals surface area contributed by atoms with Crippen LogP contribution in [0.25, 0.3) is 10.9 Å². The van der Waals surface area contributed by atoms with E-state index >= 15 is 0 Å². The van der Waals surface area contributed by atoms with Crippen LogP contribution in [0.5, 0.6) is 0 Å². The van der Waals surface area contributed by atoms with E-state index in [1.807, 2.05) is 18.4 Å². The number of aromatic amines is 1. The molecule has 5 heteroatoms. The molecule has 1 aromatic heterocycles. The summed E-state index contributed by atoms with van der Waals surface area (Å²) in [6.07, 6.45) is 1.94. The Kier molecular flexibility index (Phi) is 3.69. The number of hydrogen-bond donors (Lipinski definition) is 1. The van der Waals surface area contributed by atoms with Crippen LogP contribution in [-0.2, 0) is 0 Å². The number of benzene rings is 1. The van der Waals surface area contributed by atoms with Crippen molar-refractivity contribution in [2.75, 3.05) is 11.6 Å². The second-order valence-corrected chi connectivity index (χ2v) is 4.90. The van der Waals surface area contributed by atoms with E-state index in [2.05, 4.69) is 20.9 Å². The lowest BCUT2D eigenvalue weighted by Gasteiger charge is -2.05. The zero-order valence-electron chi connectivity index (χ0n) is 9.12. The number of Topliss-reactive ketones (excluding diaryl/α,β-unsaturated/α-hetero) is 1. The van der Waals surface area contributed by atoms with Crippen LogP contribution in [0.1, 0.15) is 10.5 Å². The molecule has 0 amide bonds. The van der Waals surface area contributed by atoms with Crippen molar-refractivity contribution in [3.63, 3.8) is 0 Å². The van der Waals surface area contributed by atoms with Crippen molar-refractivity contribution in [2.24, 2.45) is 0 Å². The first kappa shape index (κ1) is 12.4. The predicted molar refractivity (Wildman–Crippen MR) is 74.5 cm³/mol. The van der Waals surface area contributed by atoms with Crippen molar-refractivity contribution in [2.45, 2.75) is 4.90 Å². The maximum Gasteiger partial charge on any atom is 0.190 e. The van der Waals surface area contributed by atoms with Gasteiger partial charge in [-0.1, -0.05) is 22.0 Å². The number of carbonyl (C=O) groups excluding carboxylic acids is 1. The van der Waals surface area contributed by atoms with Crippen LogP contribution < -0.4 is 5.43 Å². The third-order valence-corrected chi connectivity index (χ3v) is 3.76. The Morgan fingerprint density at radius 1 is 1.47 bits per heavy atom. The largest absolute Gasteiger partial charge is 0.351 e. The maximum atomic E-state index is 11.9. The molecule has 0 saturated heterocycles. The molecule has 0 saturated carbocycles. The first-order valence-corrected chi connectivity index (χ1v) is 7.31. The van der Waals surface area contributed by atoms with E-state index in [1.165, 1.54) is 6.07 Å². The highest BCUT2D eigenvalue weighted by atomic mass is 79.9. The van der Waals surface area contributed by atoms with E-state index in [4.69, 9.17) is 0 Å². The Labute approximate surface area is 111 Å². The number of hydrogen-bond acceptors (Lipinski definition) is 3. The molecule has 0 unspecified atom stereocenters. The van der Waals surface area contributed by atoms with E-state index < -0.39 is 0 Å². The van der Waals surface area contributed by atoms with Gasteiger partial charge in [0.05, 0.1) is 16.5 Å². The first-order valence-electron chi connectivity index (χ1n) is 4.96. The Balaban J connectivity index is 2.79. The van der Waals surface area contributed by atoms with Gasteiger partial charge in [-0.05, 0) is 18.4 Å². The van der Waals surface area contributed by atoms with Crippen LogP contribution >= 0.6 is 27.7 Å². The average Bonchev–Trinajstić information content (AvgIpc) is 2.37. The molecule has 1 aromatic carbocycles. The van der Waals surface area contributed by atoms with E-state index in [1.54, 1.807) is 17.8 Å². The monoisotopic (exact) mass is 311 g/mol. The van der Waals surface area contributed by atoms with Gasteiger partial charge in [0.2, 0.25) is 0 Å². The van der Waals surface area contributed by atoms with Gasteiger partial charge in [-0.2, -0.15) is 0 Å². The minimum atomic E-state index is -0.126. The normalized spacial score (nSPS) is 10.7. The summed E-state index contributed by atoms with van der Waals surface area (Å²) in [7, 11) is 0. The molecular formula is C12H10BrNO2S. The molecule has 2 rings (SSSR count). The maximum absolute atomic E-state index is 11.9. The van der Waals surface area contributed by atoms with Crippen LogP contribution in [-0.4, -0.2) is 22.4 Å². The van der Waals surface area contributed by atoms with Gasteiger partial charge >= 0.3 is 0 Å². The smallest absolute Gasteiger partial charge is 0.190 e. The summed E-state index contributed by atoms with van der Waals surface area (Å²) in [5.74, 6) is -0.125. The third kappa shape index (κ3) is 2.30. The molecular weight excluding hydrogens is 302 g/mol. The van der Waals surface area contributed by atoms with Crippen LogP contribution in [0.4, 0.5) is 0 Å². The molecule has 0 fully saturated rings. The molecule has 1 N–H and O–H groups in total. The SMILES string of the molecule is CSc1cccc2c(=O)cc(C(=O)CBr)[nH]c12. The Bertz CT molecular complexity index is 636. The van der Waals surface area contributed by atoms with E-state index in [9.17, 15) is 9.59 Å². The molecule has 0 radical (unpaired) electrons. The van der Waals surface area contributed by atoms with E-state index in [0.717, 1.165) is 10.4 Å². The number of H-pyrrole nitrogens is 1. The van der Waals surface area contributed by atoms with Crippen molar-refractivity contribution >= 4 is 44.4 Å². The number of fused-ring (bicyclic) bond motifs is 1. The quantitative estimate of drug-likeness (QED) is 0.539. The minimum absolute atomic E-state index is 0.125. The fraction of sp³-hybridized carbons (Fsp3) is 0.167. The molecule has 0 aliphatic carbocycles. The van der Waals surface area contributed by atoms with Crippen LogP contribution in [0, 0.1) is 0 Å². The summed E-state index contributed by atoms with van der Waals surface area (Å²) < 4.78 is 0. The fourth-order valence-electron chi connectivity index (χ4n) is 1.64. The summed E-state index contributed by atoms with van der Waals surface area (Å²) >= 11 is 4.64. The lowest BCUT2D eigenvalue weighted by molar-refractivity contribution is 0.101. The molecule has 2 aromatic rings. The van der Waals surface area contributed by atoms with E-state index in [-0.39, 0.29) is 16.5 Å². The molecule has 3 nitrogen and oxygen atoms in total. The standard InChI is InChI=1S/C12H10BrNO2S/c1-17-11-4-2-3-7-9(15)5-8(10(16)6-13)14-12(7)11/h2-5H,6H2,1H3,(H,14,15). The highest BCUT2D eigenvalue weighted by molar-refractivity contribution is 9.09. The van der Waals surface area contributed by atoms with Crippen molar-refractivity contribution in [3.05, 3.63) is 40.2 Å². The number of alkyl halides is 1. The molecule has 88 valence electrons. The Hall–Kier alpha value is -1.07. The second-order valence-electron chi connectivity index (χ2n) is 3.49. The Morgan fingerprint density at radius 3 is 2.88 bits per heavy atom. The number of thioether (sulfide) groups is 1. The number of rotatable bonds is 3. The highest BCUT2D eigenvalue weighted by Crippen LogP contribution is 2.22. The zero-order valence-corrected chi connectivity index (χ0v) is 11.5. The molecule has 0 aliphatic rings. The van der Waals surface area contributed by atoms with Crippen LogP contribution in [0.3, 0.4) is 0 Å². The summed E-state index contributed by atoms with van der Waals surface area (Å²) in [4.78, 5) is 27.5. The number of carbonyl (C=O) groups is 1. The van der Waals surface area contributed by atoms with Crippen molar-refractivity contribution in [3.8, 4) is 0 Å². The number of aromatic nitrogens is 1.